The van der Waals surface area contributed by atoms with Gasteiger partial charge in [-0.1, -0.05) is 42.0 Å². The molecule has 2 aliphatic heterocycles. The van der Waals surface area contributed by atoms with Crippen LogP contribution in [0.4, 0.5) is 0 Å². The number of aryl methyl sites for hydroxylation is 1. The third-order valence-electron chi connectivity index (χ3n) is 5.06. The lowest BCUT2D eigenvalue weighted by molar-refractivity contribution is -0.143. The summed E-state index contributed by atoms with van der Waals surface area (Å²) in [5.41, 5.74) is 2.27. The minimum atomic E-state index is -0.781. The Morgan fingerprint density at radius 2 is 1.71 bits per heavy atom. The van der Waals surface area contributed by atoms with Crippen LogP contribution in [-0.2, 0) is 9.59 Å². The number of hydrogen-bond donors (Lipinski definition) is 1. The first-order chi connectivity index (χ1) is 13.5. The summed E-state index contributed by atoms with van der Waals surface area (Å²) in [4.78, 5) is 53.0. The Kier molecular flexibility index (Phi) is 4.43. The van der Waals surface area contributed by atoms with Crippen molar-refractivity contribution in [2.45, 2.75) is 13.0 Å². The van der Waals surface area contributed by atoms with Crippen molar-refractivity contribution < 1.29 is 19.2 Å². The number of imide groups is 1. The standard InChI is InChI=1S/C21H19N3O4/c1-13-5-4-6-14(11-13)18-19(26)22-9-10-23(18)17(25)12-24-20(27)15-7-2-3-8-16(15)21(24)28/h2-8,11,18H,9-10,12H2,1H3,(H,22,26). The first-order valence-corrected chi connectivity index (χ1v) is 9.06. The molecule has 2 aromatic rings. The topological polar surface area (TPSA) is 86.8 Å². The van der Waals surface area contributed by atoms with Crippen LogP contribution < -0.4 is 5.32 Å². The van der Waals surface area contributed by atoms with Gasteiger partial charge in [-0.25, -0.2) is 0 Å². The predicted octanol–water partition coefficient (Wildman–Crippen LogP) is 1.29. The van der Waals surface area contributed by atoms with Crippen LogP contribution in [0.1, 0.15) is 37.9 Å². The number of carbonyl (C=O) groups is 4. The summed E-state index contributed by atoms with van der Waals surface area (Å²) in [5.74, 6) is -1.67. The Morgan fingerprint density at radius 1 is 1.04 bits per heavy atom. The SMILES string of the molecule is Cc1cccc(C2C(=O)NCCN2C(=O)CN2C(=O)c3ccccc3C2=O)c1. The van der Waals surface area contributed by atoms with E-state index in [1.165, 1.54) is 4.90 Å². The van der Waals surface area contributed by atoms with Gasteiger partial charge in [-0.2, -0.15) is 0 Å². The van der Waals surface area contributed by atoms with Crippen LogP contribution in [0.25, 0.3) is 0 Å². The van der Waals surface area contributed by atoms with Crippen LogP contribution in [0.3, 0.4) is 0 Å². The van der Waals surface area contributed by atoms with E-state index in [2.05, 4.69) is 5.32 Å². The maximum Gasteiger partial charge on any atom is 0.262 e. The zero-order valence-electron chi connectivity index (χ0n) is 15.3. The number of rotatable bonds is 3. The van der Waals surface area contributed by atoms with Gasteiger partial charge in [-0.05, 0) is 24.6 Å². The van der Waals surface area contributed by atoms with E-state index in [0.717, 1.165) is 10.5 Å². The van der Waals surface area contributed by atoms with Gasteiger partial charge in [0.2, 0.25) is 11.8 Å². The van der Waals surface area contributed by atoms with E-state index in [0.29, 0.717) is 29.8 Å². The first kappa shape index (κ1) is 17.9. The van der Waals surface area contributed by atoms with Crippen LogP contribution >= 0.6 is 0 Å². The van der Waals surface area contributed by atoms with Crippen molar-refractivity contribution in [1.29, 1.82) is 0 Å². The van der Waals surface area contributed by atoms with E-state index in [9.17, 15) is 19.2 Å². The fourth-order valence-corrected chi connectivity index (χ4v) is 3.72. The lowest BCUT2D eigenvalue weighted by atomic mass is 10.0. The number of nitrogens with zero attached hydrogens (tertiary/aromatic N) is 2. The molecule has 2 heterocycles. The van der Waals surface area contributed by atoms with Crippen molar-refractivity contribution in [3.05, 3.63) is 70.8 Å². The van der Waals surface area contributed by atoms with Gasteiger partial charge in [0.1, 0.15) is 12.6 Å². The van der Waals surface area contributed by atoms with Gasteiger partial charge in [-0.3, -0.25) is 24.1 Å². The van der Waals surface area contributed by atoms with E-state index in [1.54, 1.807) is 30.3 Å². The molecule has 28 heavy (non-hydrogen) atoms. The van der Waals surface area contributed by atoms with Crippen molar-refractivity contribution in [2.24, 2.45) is 0 Å². The second-order valence-electron chi connectivity index (χ2n) is 6.94. The van der Waals surface area contributed by atoms with Gasteiger partial charge in [0.15, 0.2) is 0 Å². The highest BCUT2D eigenvalue weighted by atomic mass is 16.2. The van der Waals surface area contributed by atoms with E-state index in [4.69, 9.17) is 0 Å². The van der Waals surface area contributed by atoms with E-state index in [-0.39, 0.29) is 12.5 Å². The third-order valence-corrected chi connectivity index (χ3v) is 5.06. The molecule has 1 unspecified atom stereocenters. The van der Waals surface area contributed by atoms with E-state index >= 15 is 0 Å². The van der Waals surface area contributed by atoms with Crippen molar-refractivity contribution in [2.75, 3.05) is 19.6 Å². The molecule has 4 rings (SSSR count). The minimum Gasteiger partial charge on any atom is -0.352 e. The van der Waals surface area contributed by atoms with E-state index in [1.807, 2.05) is 25.1 Å². The molecule has 7 heteroatoms. The molecule has 0 bridgehead atoms. The molecular formula is C21H19N3O4. The Balaban J connectivity index is 1.59. The molecule has 0 spiro atoms. The van der Waals surface area contributed by atoms with Crippen LogP contribution in [0, 0.1) is 6.92 Å². The average Bonchev–Trinajstić information content (AvgIpc) is 2.93. The fourth-order valence-electron chi connectivity index (χ4n) is 3.72. The number of benzene rings is 2. The van der Waals surface area contributed by atoms with Crippen molar-refractivity contribution >= 4 is 23.6 Å². The summed E-state index contributed by atoms with van der Waals surface area (Å²) in [6.45, 7) is 2.17. The van der Waals surface area contributed by atoms with Crippen molar-refractivity contribution in [3.8, 4) is 0 Å². The maximum absolute atomic E-state index is 13.0. The van der Waals surface area contributed by atoms with Gasteiger partial charge < -0.3 is 10.2 Å². The zero-order chi connectivity index (χ0) is 19.8. The summed E-state index contributed by atoms with van der Waals surface area (Å²) in [6.07, 6.45) is 0. The molecule has 1 saturated heterocycles. The third kappa shape index (κ3) is 2.94. The van der Waals surface area contributed by atoms with E-state index < -0.39 is 23.8 Å². The highest BCUT2D eigenvalue weighted by Crippen LogP contribution is 2.26. The number of piperazine rings is 1. The molecule has 0 saturated carbocycles. The molecular weight excluding hydrogens is 358 g/mol. The molecule has 0 radical (unpaired) electrons. The first-order valence-electron chi connectivity index (χ1n) is 9.06. The normalized spacial score (nSPS) is 18.9. The second-order valence-corrected chi connectivity index (χ2v) is 6.94. The second kappa shape index (κ2) is 6.92. The molecule has 1 atom stereocenters. The number of carbonyl (C=O) groups excluding carboxylic acids is 4. The van der Waals surface area contributed by atoms with Crippen LogP contribution in [0.2, 0.25) is 0 Å². The zero-order valence-corrected chi connectivity index (χ0v) is 15.3. The van der Waals surface area contributed by atoms with Gasteiger partial charge in [-0.15, -0.1) is 0 Å². The monoisotopic (exact) mass is 377 g/mol. The van der Waals surface area contributed by atoms with Gasteiger partial charge in [0.25, 0.3) is 11.8 Å². The number of hydrogen-bond acceptors (Lipinski definition) is 4. The molecule has 0 aliphatic carbocycles. The maximum atomic E-state index is 13.0. The van der Waals surface area contributed by atoms with Crippen LogP contribution in [0.15, 0.2) is 48.5 Å². The number of fused-ring (bicyclic) bond motifs is 1. The lowest BCUT2D eigenvalue weighted by Gasteiger charge is -2.36. The molecule has 0 aromatic heterocycles. The summed E-state index contributed by atoms with van der Waals surface area (Å²) < 4.78 is 0. The predicted molar refractivity (Wildman–Crippen MR) is 100 cm³/mol. The largest absolute Gasteiger partial charge is 0.352 e. The molecule has 142 valence electrons. The quantitative estimate of drug-likeness (QED) is 0.817. The molecule has 4 amide bonds. The Bertz CT molecular complexity index is 966. The lowest BCUT2D eigenvalue weighted by Crippen LogP contribution is -2.54. The molecule has 7 nitrogen and oxygen atoms in total. The van der Waals surface area contributed by atoms with Crippen LogP contribution in [-0.4, -0.2) is 53.1 Å². The molecule has 2 aliphatic rings. The van der Waals surface area contributed by atoms with Crippen molar-refractivity contribution in [1.82, 2.24) is 15.1 Å². The Hall–Kier alpha value is -3.48. The van der Waals surface area contributed by atoms with Crippen LogP contribution in [0.5, 0.6) is 0 Å². The van der Waals surface area contributed by atoms with Gasteiger partial charge in [0.05, 0.1) is 11.1 Å². The number of amides is 4. The summed E-state index contributed by atoms with van der Waals surface area (Å²) in [7, 11) is 0. The summed E-state index contributed by atoms with van der Waals surface area (Å²) in [5, 5.41) is 2.78. The minimum absolute atomic E-state index is 0.271. The molecule has 1 fully saturated rings. The molecule has 2 aromatic carbocycles. The highest BCUT2D eigenvalue weighted by molar-refractivity contribution is 6.22. The fraction of sp³-hybridized carbons (Fsp3) is 0.238. The average molecular weight is 377 g/mol. The van der Waals surface area contributed by atoms with Crippen molar-refractivity contribution in [3.63, 3.8) is 0 Å². The Labute approximate surface area is 161 Å². The smallest absolute Gasteiger partial charge is 0.262 e. The summed E-state index contributed by atoms with van der Waals surface area (Å²) in [6, 6.07) is 13.1. The molecule has 1 N–H and O–H groups in total. The summed E-state index contributed by atoms with van der Waals surface area (Å²) >= 11 is 0. The Morgan fingerprint density at radius 3 is 2.36 bits per heavy atom. The van der Waals surface area contributed by atoms with Gasteiger partial charge >= 0.3 is 0 Å². The number of nitrogens with one attached hydrogen (secondary N) is 1. The van der Waals surface area contributed by atoms with Gasteiger partial charge in [0, 0.05) is 13.1 Å². The highest BCUT2D eigenvalue weighted by Gasteiger charge is 2.40.